The zero-order valence-electron chi connectivity index (χ0n) is 12.8. The molecule has 2 rings (SSSR count). The number of morpholine rings is 1. The Morgan fingerprint density at radius 1 is 1.62 bits per heavy atom. The zero-order valence-corrected chi connectivity index (χ0v) is 13.6. The van der Waals surface area contributed by atoms with E-state index in [1.54, 1.807) is 4.90 Å². The third-order valence-electron chi connectivity index (χ3n) is 3.19. The molecule has 118 valence electrons. The average Bonchev–Trinajstić information content (AvgIpc) is 2.78. The number of thiazole rings is 1. The molecule has 0 aromatic carbocycles. The molecule has 1 fully saturated rings. The predicted molar refractivity (Wildman–Crippen MR) is 82.8 cm³/mol. The molecule has 8 heteroatoms. The van der Waals surface area contributed by atoms with Crippen LogP contribution in [0, 0.1) is 0 Å². The number of hydrogen-bond acceptors (Lipinski definition) is 7. The minimum absolute atomic E-state index is 0.117. The van der Waals surface area contributed by atoms with Crippen LogP contribution in [-0.2, 0) is 4.74 Å². The van der Waals surface area contributed by atoms with Gasteiger partial charge in [-0.15, -0.1) is 0 Å². The maximum Gasteiger partial charge on any atom is 0.268 e. The van der Waals surface area contributed by atoms with Gasteiger partial charge in [-0.05, 0) is 13.8 Å². The van der Waals surface area contributed by atoms with Crippen LogP contribution in [0.3, 0.4) is 0 Å². The number of ether oxygens (including phenoxy) is 1. The molecular formula is C13H22N4O3S. The summed E-state index contributed by atoms with van der Waals surface area (Å²) < 4.78 is 5.72. The number of amides is 1. The van der Waals surface area contributed by atoms with E-state index in [0.717, 1.165) is 0 Å². The molecule has 0 spiro atoms. The Kier molecular flexibility index (Phi) is 4.40. The van der Waals surface area contributed by atoms with Crippen molar-refractivity contribution in [1.82, 2.24) is 9.88 Å². The van der Waals surface area contributed by atoms with Crippen LogP contribution >= 0.6 is 11.3 Å². The normalized spacial score (nSPS) is 21.4. The van der Waals surface area contributed by atoms with E-state index in [1.807, 2.05) is 32.8 Å². The highest BCUT2D eigenvalue weighted by Crippen LogP contribution is 2.30. The number of rotatable bonds is 3. The van der Waals surface area contributed by atoms with Crippen molar-refractivity contribution in [2.45, 2.75) is 25.6 Å². The van der Waals surface area contributed by atoms with Gasteiger partial charge in [-0.25, -0.2) is 4.98 Å². The van der Waals surface area contributed by atoms with E-state index in [9.17, 15) is 9.90 Å². The number of hydrogen-bond donors (Lipinski definition) is 2. The van der Waals surface area contributed by atoms with Crippen LogP contribution in [0.4, 0.5) is 10.9 Å². The van der Waals surface area contributed by atoms with Gasteiger partial charge in [0, 0.05) is 27.2 Å². The van der Waals surface area contributed by atoms with Gasteiger partial charge in [-0.1, -0.05) is 11.3 Å². The molecule has 1 unspecified atom stereocenters. The Balaban J connectivity index is 2.22. The predicted octanol–water partition coefficient (Wildman–Crippen LogP) is 0.403. The molecule has 1 saturated heterocycles. The molecule has 0 saturated carbocycles. The highest BCUT2D eigenvalue weighted by Gasteiger charge is 2.36. The van der Waals surface area contributed by atoms with Crippen molar-refractivity contribution in [3.05, 3.63) is 4.88 Å². The van der Waals surface area contributed by atoms with Gasteiger partial charge in [0.15, 0.2) is 5.13 Å². The van der Waals surface area contributed by atoms with E-state index in [4.69, 9.17) is 10.5 Å². The second-order valence-corrected chi connectivity index (χ2v) is 6.95. The maximum atomic E-state index is 12.7. The minimum Gasteiger partial charge on any atom is -0.394 e. The summed E-state index contributed by atoms with van der Waals surface area (Å²) in [4.78, 5) is 20.8. The van der Waals surface area contributed by atoms with Gasteiger partial charge in [0.2, 0.25) is 0 Å². The Bertz CT molecular complexity index is 529. The van der Waals surface area contributed by atoms with Gasteiger partial charge in [0.1, 0.15) is 10.7 Å². The monoisotopic (exact) mass is 314 g/mol. The Hall–Kier alpha value is -1.38. The number of nitrogens with two attached hydrogens (primary N) is 1. The number of aliphatic hydroxyl groups excluding tert-OH is 1. The van der Waals surface area contributed by atoms with Crippen LogP contribution < -0.4 is 10.6 Å². The van der Waals surface area contributed by atoms with Crippen molar-refractivity contribution >= 4 is 28.2 Å². The molecule has 1 aliphatic rings. The van der Waals surface area contributed by atoms with E-state index in [1.165, 1.54) is 11.3 Å². The molecule has 1 atom stereocenters. The van der Waals surface area contributed by atoms with Crippen LogP contribution in [-0.4, -0.2) is 66.4 Å². The second-order valence-electron chi connectivity index (χ2n) is 5.97. The summed E-state index contributed by atoms with van der Waals surface area (Å²) >= 11 is 1.27. The van der Waals surface area contributed by atoms with E-state index in [0.29, 0.717) is 23.1 Å². The number of nitrogens with zero attached hydrogens (tertiary/aromatic N) is 3. The lowest BCUT2D eigenvalue weighted by molar-refractivity contribution is -0.139. The summed E-state index contributed by atoms with van der Waals surface area (Å²) in [5, 5.41) is 10.0. The van der Waals surface area contributed by atoms with Gasteiger partial charge in [-0.3, -0.25) is 4.79 Å². The van der Waals surface area contributed by atoms with E-state index in [-0.39, 0.29) is 24.4 Å². The summed E-state index contributed by atoms with van der Waals surface area (Å²) in [7, 11) is 3.71. The van der Waals surface area contributed by atoms with Crippen molar-refractivity contribution in [3.8, 4) is 0 Å². The summed E-state index contributed by atoms with van der Waals surface area (Å²) in [5.74, 6) is 0.0893. The summed E-state index contributed by atoms with van der Waals surface area (Å²) in [6.07, 6.45) is -0.375. The van der Waals surface area contributed by atoms with Crippen molar-refractivity contribution in [1.29, 1.82) is 0 Å². The highest BCUT2D eigenvalue weighted by atomic mass is 32.1. The largest absolute Gasteiger partial charge is 0.394 e. The molecule has 2 heterocycles. The van der Waals surface area contributed by atoms with Gasteiger partial charge in [-0.2, -0.15) is 0 Å². The fourth-order valence-corrected chi connectivity index (χ4v) is 3.23. The molecule has 21 heavy (non-hydrogen) atoms. The summed E-state index contributed by atoms with van der Waals surface area (Å²) in [6, 6.07) is 0. The van der Waals surface area contributed by atoms with Crippen LogP contribution in [0.5, 0.6) is 0 Å². The molecule has 0 bridgehead atoms. The first-order valence-electron chi connectivity index (χ1n) is 6.75. The topological polar surface area (TPSA) is 91.9 Å². The fraction of sp³-hybridized carbons (Fsp3) is 0.692. The van der Waals surface area contributed by atoms with Crippen molar-refractivity contribution in [3.63, 3.8) is 0 Å². The summed E-state index contributed by atoms with van der Waals surface area (Å²) in [5.41, 5.74) is 5.37. The average molecular weight is 314 g/mol. The van der Waals surface area contributed by atoms with Crippen molar-refractivity contribution in [2.24, 2.45) is 0 Å². The van der Waals surface area contributed by atoms with Gasteiger partial charge < -0.3 is 25.4 Å². The molecular weight excluding hydrogens is 292 g/mol. The Morgan fingerprint density at radius 2 is 2.29 bits per heavy atom. The number of carbonyl (C=O) groups is 1. The molecule has 3 N–H and O–H groups in total. The molecule has 1 aromatic rings. The zero-order chi connectivity index (χ0) is 15.8. The van der Waals surface area contributed by atoms with Crippen LogP contribution in [0.25, 0.3) is 0 Å². The Morgan fingerprint density at radius 3 is 2.81 bits per heavy atom. The first-order chi connectivity index (χ1) is 9.73. The number of anilines is 2. The van der Waals surface area contributed by atoms with Gasteiger partial charge in [0.05, 0.1) is 18.3 Å². The molecule has 1 aromatic heterocycles. The van der Waals surface area contributed by atoms with Crippen LogP contribution in [0.2, 0.25) is 0 Å². The molecule has 0 aliphatic carbocycles. The minimum atomic E-state index is -0.495. The number of carbonyl (C=O) groups excluding carboxylic acids is 1. The lowest BCUT2D eigenvalue weighted by atomic mass is 10.1. The van der Waals surface area contributed by atoms with Gasteiger partial charge in [0.25, 0.3) is 5.91 Å². The number of aliphatic hydroxyl groups is 1. The number of aromatic nitrogens is 1. The standard InChI is InChI=1S/C13H22N4O3S/c1-13(2)7-17(5-8(6-18)20-13)11(19)9-10(14)15-12(21-9)16(3)4/h8,18H,5-7,14H2,1-4H3. The quantitative estimate of drug-likeness (QED) is 0.839. The molecule has 7 nitrogen and oxygen atoms in total. The highest BCUT2D eigenvalue weighted by molar-refractivity contribution is 7.18. The third kappa shape index (κ3) is 3.45. The van der Waals surface area contributed by atoms with Crippen molar-refractivity contribution < 1.29 is 14.6 Å². The third-order valence-corrected chi connectivity index (χ3v) is 4.42. The van der Waals surface area contributed by atoms with Crippen LogP contribution in [0.1, 0.15) is 23.5 Å². The smallest absolute Gasteiger partial charge is 0.268 e. The first-order valence-corrected chi connectivity index (χ1v) is 7.56. The lowest BCUT2D eigenvalue weighted by Crippen LogP contribution is -2.55. The van der Waals surface area contributed by atoms with Gasteiger partial charge >= 0.3 is 0 Å². The number of nitrogen functional groups attached to an aromatic ring is 1. The Labute approximate surface area is 128 Å². The van der Waals surface area contributed by atoms with E-state index < -0.39 is 5.60 Å². The molecule has 1 aliphatic heterocycles. The van der Waals surface area contributed by atoms with Crippen LogP contribution in [0.15, 0.2) is 0 Å². The van der Waals surface area contributed by atoms with Crippen molar-refractivity contribution in [2.75, 3.05) is 44.4 Å². The lowest BCUT2D eigenvalue weighted by Gasteiger charge is -2.42. The first kappa shape index (κ1) is 16.0. The fourth-order valence-electron chi connectivity index (χ4n) is 2.35. The molecule has 1 amide bonds. The summed E-state index contributed by atoms with van der Waals surface area (Å²) in [6.45, 7) is 4.49. The molecule has 0 radical (unpaired) electrons. The van der Waals surface area contributed by atoms with E-state index >= 15 is 0 Å². The SMILES string of the molecule is CN(C)c1nc(N)c(C(=O)N2CC(CO)OC(C)(C)C2)s1. The maximum absolute atomic E-state index is 12.7. The second kappa shape index (κ2) is 5.78. The van der Waals surface area contributed by atoms with E-state index in [2.05, 4.69) is 4.98 Å².